The second kappa shape index (κ2) is 8.73. The van der Waals surface area contributed by atoms with Crippen LogP contribution in [-0.2, 0) is 13.0 Å². The molecular formula is C20H23N3O3S. The number of aryl methyl sites for hydroxylation is 1. The van der Waals surface area contributed by atoms with Gasteiger partial charge >= 0.3 is 0 Å². The van der Waals surface area contributed by atoms with Gasteiger partial charge in [-0.3, -0.25) is 4.79 Å². The molecule has 0 fully saturated rings. The molecule has 0 spiro atoms. The number of carbonyl (C=O) groups excluding carboxylic acids is 1. The molecule has 0 unspecified atom stereocenters. The van der Waals surface area contributed by atoms with E-state index >= 15 is 0 Å². The average molecular weight is 385 g/mol. The summed E-state index contributed by atoms with van der Waals surface area (Å²) in [7, 11) is 3.19. The van der Waals surface area contributed by atoms with Gasteiger partial charge in [-0.05, 0) is 36.2 Å². The molecule has 2 heterocycles. The maximum absolute atomic E-state index is 12.8. The number of aromatic nitrogens is 2. The van der Waals surface area contributed by atoms with Gasteiger partial charge in [-0.25, -0.2) is 4.98 Å². The normalized spacial score (nSPS) is 10.6. The molecular weight excluding hydrogens is 362 g/mol. The molecule has 0 aliphatic heterocycles. The summed E-state index contributed by atoms with van der Waals surface area (Å²) in [6.45, 7) is 2.49. The van der Waals surface area contributed by atoms with E-state index in [1.54, 1.807) is 14.2 Å². The highest BCUT2D eigenvalue weighted by molar-refractivity contribution is 7.16. The van der Waals surface area contributed by atoms with Crippen LogP contribution in [0.25, 0.3) is 5.13 Å². The Morgan fingerprint density at radius 2 is 1.93 bits per heavy atom. The molecule has 3 aromatic rings. The predicted octanol–water partition coefficient (Wildman–Crippen LogP) is 3.83. The van der Waals surface area contributed by atoms with Crippen molar-refractivity contribution in [2.24, 2.45) is 0 Å². The van der Waals surface area contributed by atoms with Crippen LogP contribution in [0.2, 0.25) is 0 Å². The van der Waals surface area contributed by atoms with Gasteiger partial charge in [-0.1, -0.05) is 30.7 Å². The van der Waals surface area contributed by atoms with Gasteiger partial charge in [-0.2, -0.15) is 0 Å². The van der Waals surface area contributed by atoms with Gasteiger partial charge in [0, 0.05) is 18.9 Å². The SMILES string of the molecule is CCCc1nc(-n2cccc2)sc1C(=O)NCc1ccc(OC)c(OC)c1. The number of amides is 1. The Morgan fingerprint density at radius 3 is 2.59 bits per heavy atom. The fraction of sp³-hybridized carbons (Fsp3) is 0.300. The van der Waals surface area contributed by atoms with Crippen molar-refractivity contribution >= 4 is 17.2 Å². The van der Waals surface area contributed by atoms with Gasteiger partial charge in [-0.15, -0.1) is 0 Å². The standard InChI is InChI=1S/C20H23N3O3S/c1-4-7-15-18(27-20(22-15)23-10-5-6-11-23)19(24)21-13-14-8-9-16(25-2)17(12-14)26-3/h5-6,8-12H,4,7,13H2,1-3H3,(H,21,24). The minimum Gasteiger partial charge on any atom is -0.493 e. The Balaban J connectivity index is 1.76. The lowest BCUT2D eigenvalue weighted by Crippen LogP contribution is -2.23. The fourth-order valence-electron chi connectivity index (χ4n) is 2.75. The molecule has 1 amide bonds. The second-order valence-corrected chi connectivity index (χ2v) is 6.96. The summed E-state index contributed by atoms with van der Waals surface area (Å²) in [6, 6.07) is 9.49. The number of methoxy groups -OCH3 is 2. The molecule has 7 heteroatoms. The fourth-order valence-corrected chi connectivity index (χ4v) is 3.74. The third-order valence-electron chi connectivity index (χ3n) is 4.11. The zero-order valence-electron chi connectivity index (χ0n) is 15.7. The van der Waals surface area contributed by atoms with E-state index in [-0.39, 0.29) is 5.91 Å². The second-order valence-electron chi connectivity index (χ2n) is 5.98. The average Bonchev–Trinajstić information content (AvgIpc) is 3.36. The lowest BCUT2D eigenvalue weighted by Gasteiger charge is -2.10. The Morgan fingerprint density at radius 1 is 1.19 bits per heavy atom. The van der Waals surface area contributed by atoms with Crippen LogP contribution in [0, 0.1) is 0 Å². The van der Waals surface area contributed by atoms with Crippen LogP contribution < -0.4 is 14.8 Å². The first-order valence-corrected chi connectivity index (χ1v) is 9.60. The van der Waals surface area contributed by atoms with Crippen LogP contribution in [0.1, 0.15) is 34.3 Å². The summed E-state index contributed by atoms with van der Waals surface area (Å²) in [4.78, 5) is 18.1. The van der Waals surface area contributed by atoms with Crippen LogP contribution >= 0.6 is 11.3 Å². The Bertz CT molecular complexity index is 903. The molecule has 0 radical (unpaired) electrons. The van der Waals surface area contributed by atoms with Crippen molar-refractivity contribution in [2.75, 3.05) is 14.2 Å². The quantitative estimate of drug-likeness (QED) is 0.640. The predicted molar refractivity (Wildman–Crippen MR) is 106 cm³/mol. The highest BCUT2D eigenvalue weighted by Crippen LogP contribution is 2.28. The molecule has 0 atom stereocenters. The van der Waals surface area contributed by atoms with Crippen LogP contribution in [0.3, 0.4) is 0 Å². The van der Waals surface area contributed by atoms with Gasteiger partial charge in [0.2, 0.25) is 0 Å². The van der Waals surface area contributed by atoms with E-state index in [4.69, 9.17) is 9.47 Å². The zero-order valence-corrected chi connectivity index (χ0v) is 16.5. The van der Waals surface area contributed by atoms with E-state index in [0.29, 0.717) is 22.9 Å². The van der Waals surface area contributed by atoms with Crippen LogP contribution in [-0.4, -0.2) is 29.7 Å². The van der Waals surface area contributed by atoms with Crippen molar-refractivity contribution in [3.63, 3.8) is 0 Å². The summed E-state index contributed by atoms with van der Waals surface area (Å²) >= 11 is 1.41. The molecule has 27 heavy (non-hydrogen) atoms. The summed E-state index contributed by atoms with van der Waals surface area (Å²) in [5, 5.41) is 3.79. The monoisotopic (exact) mass is 385 g/mol. The van der Waals surface area contributed by atoms with Crippen molar-refractivity contribution in [3.05, 3.63) is 58.9 Å². The summed E-state index contributed by atoms with van der Waals surface area (Å²) in [5.41, 5.74) is 1.78. The van der Waals surface area contributed by atoms with E-state index in [1.807, 2.05) is 47.3 Å². The highest BCUT2D eigenvalue weighted by atomic mass is 32.1. The van der Waals surface area contributed by atoms with E-state index in [1.165, 1.54) is 11.3 Å². The third kappa shape index (κ3) is 4.31. The number of hydrogen-bond acceptors (Lipinski definition) is 5. The number of thiazole rings is 1. The molecule has 0 saturated carbocycles. The van der Waals surface area contributed by atoms with Crippen LogP contribution in [0.5, 0.6) is 11.5 Å². The Labute approximate surface area is 162 Å². The van der Waals surface area contributed by atoms with E-state index < -0.39 is 0 Å². The van der Waals surface area contributed by atoms with Crippen LogP contribution in [0.15, 0.2) is 42.7 Å². The van der Waals surface area contributed by atoms with Crippen molar-refractivity contribution in [1.29, 1.82) is 0 Å². The molecule has 0 aliphatic rings. The maximum atomic E-state index is 12.8. The van der Waals surface area contributed by atoms with Crippen LogP contribution in [0.4, 0.5) is 0 Å². The molecule has 0 saturated heterocycles. The van der Waals surface area contributed by atoms with Crippen molar-refractivity contribution in [3.8, 4) is 16.6 Å². The number of benzene rings is 1. The Hall–Kier alpha value is -2.80. The number of nitrogens with zero attached hydrogens (tertiary/aromatic N) is 2. The molecule has 0 aliphatic carbocycles. The van der Waals surface area contributed by atoms with Gasteiger partial charge in [0.1, 0.15) is 4.88 Å². The molecule has 1 aromatic carbocycles. The highest BCUT2D eigenvalue weighted by Gasteiger charge is 2.18. The number of nitrogens with one attached hydrogen (secondary N) is 1. The summed E-state index contributed by atoms with van der Waals surface area (Å²) in [5.74, 6) is 1.20. The molecule has 2 aromatic heterocycles. The molecule has 142 valence electrons. The lowest BCUT2D eigenvalue weighted by atomic mass is 10.2. The van der Waals surface area contributed by atoms with Crippen molar-refractivity contribution in [1.82, 2.24) is 14.9 Å². The molecule has 0 bridgehead atoms. The number of rotatable bonds is 8. The number of hydrogen-bond donors (Lipinski definition) is 1. The third-order valence-corrected chi connectivity index (χ3v) is 5.22. The van der Waals surface area contributed by atoms with Gasteiger partial charge in [0.25, 0.3) is 5.91 Å². The topological polar surface area (TPSA) is 65.4 Å². The van der Waals surface area contributed by atoms with Crippen molar-refractivity contribution in [2.45, 2.75) is 26.3 Å². The largest absolute Gasteiger partial charge is 0.493 e. The molecule has 1 N–H and O–H groups in total. The smallest absolute Gasteiger partial charge is 0.263 e. The van der Waals surface area contributed by atoms with E-state index in [2.05, 4.69) is 17.2 Å². The first kappa shape index (κ1) is 19.0. The first-order chi connectivity index (χ1) is 13.2. The minimum absolute atomic E-state index is 0.107. The minimum atomic E-state index is -0.107. The van der Waals surface area contributed by atoms with Gasteiger partial charge in [0.05, 0.1) is 19.9 Å². The Kier molecular flexibility index (Phi) is 6.13. The number of ether oxygens (including phenoxy) is 2. The molecule has 3 rings (SSSR count). The summed E-state index contributed by atoms with van der Waals surface area (Å²) in [6.07, 6.45) is 5.57. The van der Waals surface area contributed by atoms with Gasteiger partial charge in [0.15, 0.2) is 16.6 Å². The summed E-state index contributed by atoms with van der Waals surface area (Å²) < 4.78 is 12.5. The van der Waals surface area contributed by atoms with E-state index in [9.17, 15) is 4.79 Å². The molecule has 6 nitrogen and oxygen atoms in total. The lowest BCUT2D eigenvalue weighted by molar-refractivity contribution is 0.0954. The van der Waals surface area contributed by atoms with E-state index in [0.717, 1.165) is 29.2 Å². The maximum Gasteiger partial charge on any atom is 0.263 e. The first-order valence-electron chi connectivity index (χ1n) is 8.78. The zero-order chi connectivity index (χ0) is 19.2. The van der Waals surface area contributed by atoms with Crippen molar-refractivity contribution < 1.29 is 14.3 Å². The van der Waals surface area contributed by atoms with Gasteiger partial charge < -0.3 is 19.4 Å². The number of carbonyl (C=O) groups is 1.